The molecule has 0 saturated carbocycles. The first-order valence-electron chi connectivity index (χ1n) is 6.59. The zero-order valence-corrected chi connectivity index (χ0v) is 11.3. The van der Waals surface area contributed by atoms with Gasteiger partial charge in [0.1, 0.15) is 5.75 Å². The van der Waals surface area contributed by atoms with Crippen molar-refractivity contribution in [1.29, 1.82) is 0 Å². The fourth-order valence-corrected chi connectivity index (χ4v) is 2.25. The van der Waals surface area contributed by atoms with Gasteiger partial charge in [-0.15, -0.1) is 0 Å². The minimum Gasteiger partial charge on any atom is -0.494 e. The molecule has 0 aliphatic rings. The van der Waals surface area contributed by atoms with Gasteiger partial charge in [-0.05, 0) is 25.1 Å². The maximum Gasteiger partial charge on any atom is 0.160 e. The van der Waals surface area contributed by atoms with E-state index < -0.39 is 0 Å². The van der Waals surface area contributed by atoms with Crippen molar-refractivity contribution in [1.82, 2.24) is 14.6 Å². The summed E-state index contributed by atoms with van der Waals surface area (Å²) in [5.41, 5.74) is 9.45. The highest BCUT2D eigenvalue weighted by atomic mass is 16.5. The Kier molecular flexibility index (Phi) is 3.35. The summed E-state index contributed by atoms with van der Waals surface area (Å²) in [6.45, 7) is 3.00. The number of fused-ring (bicyclic) bond motifs is 1. The third kappa shape index (κ3) is 2.12. The molecule has 102 valence electrons. The van der Waals surface area contributed by atoms with E-state index in [0.717, 1.165) is 28.2 Å². The predicted octanol–water partition coefficient (Wildman–Crippen LogP) is 2.25. The number of nitrogens with two attached hydrogens (primary N) is 1. The Morgan fingerprint density at radius 2 is 2.20 bits per heavy atom. The molecule has 0 atom stereocenters. The first-order chi connectivity index (χ1) is 9.83. The van der Waals surface area contributed by atoms with Gasteiger partial charge in [-0.2, -0.15) is 5.10 Å². The van der Waals surface area contributed by atoms with Gasteiger partial charge in [0.25, 0.3) is 0 Å². The van der Waals surface area contributed by atoms with Crippen LogP contribution in [0.5, 0.6) is 5.75 Å². The molecule has 2 N–H and O–H groups in total. The first kappa shape index (κ1) is 12.6. The van der Waals surface area contributed by atoms with Crippen LogP contribution in [0.25, 0.3) is 16.9 Å². The van der Waals surface area contributed by atoms with Crippen LogP contribution in [0.3, 0.4) is 0 Å². The van der Waals surface area contributed by atoms with Crippen LogP contribution in [-0.2, 0) is 6.54 Å². The first-order valence-corrected chi connectivity index (χ1v) is 6.59. The molecule has 0 unspecified atom stereocenters. The normalized spacial score (nSPS) is 10.9. The molecule has 3 rings (SSSR count). The van der Waals surface area contributed by atoms with E-state index in [1.165, 1.54) is 0 Å². The molecule has 0 bridgehead atoms. The Balaban J connectivity index is 2.16. The van der Waals surface area contributed by atoms with Crippen LogP contribution in [-0.4, -0.2) is 21.2 Å². The largest absolute Gasteiger partial charge is 0.494 e. The third-order valence-electron chi connectivity index (χ3n) is 3.11. The molecule has 20 heavy (non-hydrogen) atoms. The summed E-state index contributed by atoms with van der Waals surface area (Å²) in [5, 5.41) is 4.57. The Labute approximate surface area is 117 Å². The van der Waals surface area contributed by atoms with Crippen molar-refractivity contribution in [3.63, 3.8) is 0 Å². The summed E-state index contributed by atoms with van der Waals surface area (Å²) < 4.78 is 7.29. The van der Waals surface area contributed by atoms with Crippen molar-refractivity contribution in [2.45, 2.75) is 13.5 Å². The molecule has 1 aromatic carbocycles. The molecular weight excluding hydrogens is 252 g/mol. The molecule has 0 spiro atoms. The van der Waals surface area contributed by atoms with Gasteiger partial charge in [0.15, 0.2) is 5.65 Å². The molecule has 2 aromatic heterocycles. The van der Waals surface area contributed by atoms with Crippen LogP contribution in [0.2, 0.25) is 0 Å². The lowest BCUT2D eigenvalue weighted by Gasteiger charge is -2.05. The van der Waals surface area contributed by atoms with Gasteiger partial charge in [0, 0.05) is 30.1 Å². The third-order valence-corrected chi connectivity index (χ3v) is 3.11. The highest BCUT2D eigenvalue weighted by Gasteiger charge is 2.14. The number of nitrogens with zero attached hydrogens (tertiary/aromatic N) is 3. The van der Waals surface area contributed by atoms with Crippen molar-refractivity contribution < 1.29 is 4.74 Å². The average Bonchev–Trinajstić information content (AvgIpc) is 2.86. The summed E-state index contributed by atoms with van der Waals surface area (Å²) in [7, 11) is 0. The van der Waals surface area contributed by atoms with Gasteiger partial charge < -0.3 is 10.5 Å². The van der Waals surface area contributed by atoms with E-state index in [0.29, 0.717) is 13.2 Å². The van der Waals surface area contributed by atoms with E-state index in [9.17, 15) is 0 Å². The monoisotopic (exact) mass is 268 g/mol. The molecule has 0 amide bonds. The van der Waals surface area contributed by atoms with E-state index in [4.69, 9.17) is 10.5 Å². The predicted molar refractivity (Wildman–Crippen MR) is 77.5 cm³/mol. The highest BCUT2D eigenvalue weighted by molar-refractivity contribution is 5.71. The van der Waals surface area contributed by atoms with Crippen molar-refractivity contribution in [2.24, 2.45) is 5.73 Å². The number of hydrogen-bond acceptors (Lipinski definition) is 4. The fourth-order valence-electron chi connectivity index (χ4n) is 2.25. The molecule has 0 aliphatic heterocycles. The molecule has 3 aromatic rings. The van der Waals surface area contributed by atoms with E-state index in [1.54, 1.807) is 10.7 Å². The topological polar surface area (TPSA) is 65.4 Å². The quantitative estimate of drug-likeness (QED) is 0.788. The molecule has 5 heteroatoms. The van der Waals surface area contributed by atoms with Crippen LogP contribution < -0.4 is 10.5 Å². The molecule has 0 saturated heterocycles. The number of ether oxygens (including phenoxy) is 1. The minimum absolute atomic E-state index is 0.398. The SMILES string of the molecule is CCOc1cccc(-c2nn3cccnc3c2CN)c1. The molecule has 5 nitrogen and oxygen atoms in total. The summed E-state index contributed by atoms with van der Waals surface area (Å²) in [6.07, 6.45) is 3.62. The molecule has 0 fully saturated rings. The van der Waals surface area contributed by atoms with Gasteiger partial charge in [-0.25, -0.2) is 9.50 Å². The summed E-state index contributed by atoms with van der Waals surface area (Å²) in [4.78, 5) is 4.35. The van der Waals surface area contributed by atoms with E-state index in [2.05, 4.69) is 10.1 Å². The highest BCUT2D eigenvalue weighted by Crippen LogP contribution is 2.27. The van der Waals surface area contributed by atoms with Gasteiger partial charge in [-0.3, -0.25) is 0 Å². The van der Waals surface area contributed by atoms with Crippen LogP contribution >= 0.6 is 0 Å². The standard InChI is InChI=1S/C15H16N4O/c1-2-20-12-6-3-5-11(9-12)14-13(10-16)15-17-7-4-8-19(15)18-14/h3-9H,2,10,16H2,1H3. The second kappa shape index (κ2) is 5.30. The minimum atomic E-state index is 0.398. The molecule has 2 heterocycles. The zero-order valence-electron chi connectivity index (χ0n) is 11.3. The number of hydrogen-bond donors (Lipinski definition) is 1. The maximum atomic E-state index is 5.87. The second-order valence-corrected chi connectivity index (χ2v) is 4.38. The fraction of sp³-hybridized carbons (Fsp3) is 0.200. The number of rotatable bonds is 4. The van der Waals surface area contributed by atoms with Crippen molar-refractivity contribution in [2.75, 3.05) is 6.61 Å². The maximum absolute atomic E-state index is 5.87. The van der Waals surface area contributed by atoms with Crippen molar-refractivity contribution in [3.05, 3.63) is 48.3 Å². The summed E-state index contributed by atoms with van der Waals surface area (Å²) >= 11 is 0. The van der Waals surface area contributed by atoms with Crippen LogP contribution in [0.15, 0.2) is 42.7 Å². The second-order valence-electron chi connectivity index (χ2n) is 4.38. The lowest BCUT2D eigenvalue weighted by molar-refractivity contribution is 0.340. The van der Waals surface area contributed by atoms with E-state index >= 15 is 0 Å². The molecular formula is C15H16N4O. The zero-order chi connectivity index (χ0) is 13.9. The van der Waals surface area contributed by atoms with Crippen LogP contribution in [0.1, 0.15) is 12.5 Å². The van der Waals surface area contributed by atoms with Crippen LogP contribution in [0, 0.1) is 0 Å². The van der Waals surface area contributed by atoms with Crippen molar-refractivity contribution in [3.8, 4) is 17.0 Å². The van der Waals surface area contributed by atoms with Crippen LogP contribution in [0.4, 0.5) is 0 Å². The van der Waals surface area contributed by atoms with Gasteiger partial charge in [0.05, 0.1) is 12.3 Å². The Morgan fingerprint density at radius 3 is 3.00 bits per heavy atom. The van der Waals surface area contributed by atoms with Gasteiger partial charge >= 0.3 is 0 Å². The Hall–Kier alpha value is -2.40. The van der Waals surface area contributed by atoms with Crippen molar-refractivity contribution >= 4 is 5.65 Å². The lowest BCUT2D eigenvalue weighted by atomic mass is 10.1. The van der Waals surface area contributed by atoms with Gasteiger partial charge in [-0.1, -0.05) is 12.1 Å². The smallest absolute Gasteiger partial charge is 0.160 e. The van der Waals surface area contributed by atoms with E-state index in [-0.39, 0.29) is 0 Å². The lowest BCUT2D eigenvalue weighted by Crippen LogP contribution is -1.98. The summed E-state index contributed by atoms with van der Waals surface area (Å²) in [5.74, 6) is 0.831. The van der Waals surface area contributed by atoms with E-state index in [1.807, 2.05) is 43.5 Å². The Morgan fingerprint density at radius 1 is 1.30 bits per heavy atom. The Bertz CT molecular complexity index is 736. The van der Waals surface area contributed by atoms with Gasteiger partial charge in [0.2, 0.25) is 0 Å². The number of aromatic nitrogens is 3. The summed E-state index contributed by atoms with van der Waals surface area (Å²) in [6, 6.07) is 9.72. The molecule has 0 radical (unpaired) electrons. The molecule has 0 aliphatic carbocycles. The average molecular weight is 268 g/mol. The number of benzene rings is 1.